The number of nitrogen functional groups attached to an aromatic ring is 1. The molecule has 5 heteroatoms. The van der Waals surface area contributed by atoms with Gasteiger partial charge in [0.15, 0.2) is 0 Å². The molecule has 0 saturated carbocycles. The highest BCUT2D eigenvalue weighted by atomic mass is 16.3. The number of aliphatic hydroxyl groups is 1. The van der Waals surface area contributed by atoms with Crippen LogP contribution in [-0.4, -0.2) is 41.7 Å². The van der Waals surface area contributed by atoms with Crippen molar-refractivity contribution in [2.24, 2.45) is 5.92 Å². The number of nitrogens with two attached hydrogens (primary N) is 1. The molecule has 0 aromatic heterocycles. The normalized spacial score (nSPS) is 20.4. The third-order valence-corrected chi connectivity index (χ3v) is 4.04. The van der Waals surface area contributed by atoms with Crippen molar-refractivity contribution < 1.29 is 9.90 Å². The maximum absolute atomic E-state index is 11.9. The fourth-order valence-corrected chi connectivity index (χ4v) is 2.76. The molecule has 2 atom stereocenters. The number of aliphatic hydroxyl groups excluding tert-OH is 1. The topological polar surface area (TPSA) is 78.6 Å². The zero-order valence-electron chi connectivity index (χ0n) is 12.6. The van der Waals surface area contributed by atoms with Crippen molar-refractivity contribution in [3.63, 3.8) is 0 Å². The van der Waals surface area contributed by atoms with Crippen LogP contribution in [-0.2, 0) is 4.79 Å². The Morgan fingerprint density at radius 3 is 3.05 bits per heavy atom. The maximum Gasteiger partial charge on any atom is 0.224 e. The molecule has 1 fully saturated rings. The van der Waals surface area contributed by atoms with Crippen LogP contribution in [0.2, 0.25) is 0 Å². The van der Waals surface area contributed by atoms with Crippen molar-refractivity contribution in [3.05, 3.63) is 24.3 Å². The number of hydrogen-bond acceptors (Lipinski definition) is 4. The van der Waals surface area contributed by atoms with E-state index in [1.807, 2.05) is 19.1 Å². The second-order valence-corrected chi connectivity index (χ2v) is 5.87. The van der Waals surface area contributed by atoms with Crippen LogP contribution in [0.25, 0.3) is 0 Å². The van der Waals surface area contributed by atoms with E-state index in [9.17, 15) is 9.90 Å². The van der Waals surface area contributed by atoms with E-state index in [0.717, 1.165) is 38.2 Å². The van der Waals surface area contributed by atoms with Gasteiger partial charge in [0.2, 0.25) is 5.91 Å². The van der Waals surface area contributed by atoms with Gasteiger partial charge in [-0.25, -0.2) is 0 Å². The largest absolute Gasteiger partial charge is 0.399 e. The lowest BCUT2D eigenvalue weighted by Gasteiger charge is -2.17. The molecule has 2 rings (SSSR count). The number of nitrogens with one attached hydrogen (secondary N) is 1. The lowest BCUT2D eigenvalue weighted by Crippen LogP contribution is -2.26. The molecule has 1 aromatic carbocycles. The molecule has 0 radical (unpaired) electrons. The molecule has 0 bridgehead atoms. The lowest BCUT2D eigenvalue weighted by atomic mass is 10.0. The SMILES string of the molecule is CC(O)C1CCN(CCCC(=O)Nc2cccc(N)c2)C1. The smallest absolute Gasteiger partial charge is 0.224 e. The predicted molar refractivity (Wildman–Crippen MR) is 84.9 cm³/mol. The fourth-order valence-electron chi connectivity index (χ4n) is 2.76. The van der Waals surface area contributed by atoms with Crippen LogP contribution in [0, 0.1) is 5.92 Å². The molecule has 1 aliphatic heterocycles. The van der Waals surface area contributed by atoms with E-state index in [2.05, 4.69) is 10.2 Å². The first kappa shape index (κ1) is 15.8. The molecule has 0 aliphatic carbocycles. The van der Waals surface area contributed by atoms with Gasteiger partial charge in [0, 0.05) is 24.3 Å². The molecule has 21 heavy (non-hydrogen) atoms. The molecular formula is C16H25N3O2. The molecular weight excluding hydrogens is 266 g/mol. The van der Waals surface area contributed by atoms with Crippen molar-refractivity contribution >= 4 is 17.3 Å². The molecule has 4 N–H and O–H groups in total. The van der Waals surface area contributed by atoms with Crippen molar-refractivity contribution in [2.75, 3.05) is 30.7 Å². The van der Waals surface area contributed by atoms with Crippen molar-refractivity contribution in [2.45, 2.75) is 32.3 Å². The van der Waals surface area contributed by atoms with Crippen LogP contribution in [0.4, 0.5) is 11.4 Å². The highest BCUT2D eigenvalue weighted by Crippen LogP contribution is 2.20. The first-order chi connectivity index (χ1) is 10.0. The monoisotopic (exact) mass is 291 g/mol. The van der Waals surface area contributed by atoms with Crippen molar-refractivity contribution in [1.29, 1.82) is 0 Å². The van der Waals surface area contributed by atoms with Crippen LogP contribution < -0.4 is 11.1 Å². The minimum Gasteiger partial charge on any atom is -0.399 e. The zero-order valence-corrected chi connectivity index (χ0v) is 12.6. The summed E-state index contributed by atoms with van der Waals surface area (Å²) in [5.41, 5.74) is 7.07. The molecule has 1 saturated heterocycles. The summed E-state index contributed by atoms with van der Waals surface area (Å²) in [6, 6.07) is 7.21. The Bertz CT molecular complexity index is 476. The Labute approximate surface area is 126 Å². The van der Waals surface area contributed by atoms with E-state index < -0.39 is 0 Å². The highest BCUT2D eigenvalue weighted by Gasteiger charge is 2.25. The molecule has 1 aliphatic rings. The molecule has 1 aromatic rings. The van der Waals surface area contributed by atoms with Gasteiger partial charge in [-0.15, -0.1) is 0 Å². The number of hydrogen-bond donors (Lipinski definition) is 3. The van der Waals surface area contributed by atoms with Gasteiger partial charge >= 0.3 is 0 Å². The average molecular weight is 291 g/mol. The van der Waals surface area contributed by atoms with Crippen LogP contribution >= 0.6 is 0 Å². The number of amides is 1. The van der Waals surface area contributed by atoms with Gasteiger partial charge in [0.1, 0.15) is 0 Å². The second-order valence-electron chi connectivity index (χ2n) is 5.87. The second kappa shape index (κ2) is 7.43. The van der Waals surface area contributed by atoms with E-state index >= 15 is 0 Å². The third kappa shape index (κ3) is 5.02. The third-order valence-electron chi connectivity index (χ3n) is 4.04. The van der Waals surface area contributed by atoms with Crippen molar-refractivity contribution in [3.8, 4) is 0 Å². The molecule has 0 spiro atoms. The highest BCUT2D eigenvalue weighted by molar-refractivity contribution is 5.91. The number of carbonyl (C=O) groups excluding carboxylic acids is 1. The van der Waals surface area contributed by atoms with Gasteiger partial charge in [0.25, 0.3) is 0 Å². The Hall–Kier alpha value is -1.59. The summed E-state index contributed by atoms with van der Waals surface area (Å²) in [5, 5.41) is 12.4. The summed E-state index contributed by atoms with van der Waals surface area (Å²) < 4.78 is 0. The molecule has 116 valence electrons. The van der Waals surface area contributed by atoms with Crippen LogP contribution in [0.3, 0.4) is 0 Å². The molecule has 2 unspecified atom stereocenters. The summed E-state index contributed by atoms with van der Waals surface area (Å²) in [5.74, 6) is 0.401. The van der Waals surface area contributed by atoms with Crippen LogP contribution in [0.1, 0.15) is 26.2 Å². The van der Waals surface area contributed by atoms with E-state index in [0.29, 0.717) is 18.0 Å². The van der Waals surface area contributed by atoms with Crippen molar-refractivity contribution in [1.82, 2.24) is 4.90 Å². The summed E-state index contributed by atoms with van der Waals surface area (Å²) >= 11 is 0. The van der Waals surface area contributed by atoms with E-state index in [4.69, 9.17) is 5.73 Å². The number of likely N-dealkylation sites (tertiary alicyclic amines) is 1. The van der Waals surface area contributed by atoms with Gasteiger partial charge in [-0.3, -0.25) is 4.79 Å². The van der Waals surface area contributed by atoms with Crippen LogP contribution in [0.5, 0.6) is 0 Å². The van der Waals surface area contributed by atoms with Gasteiger partial charge in [-0.2, -0.15) is 0 Å². The number of rotatable bonds is 6. The number of anilines is 2. The Balaban J connectivity index is 1.66. The minimum absolute atomic E-state index is 0.0203. The van der Waals surface area contributed by atoms with Gasteiger partial charge in [0.05, 0.1) is 6.10 Å². The number of nitrogens with zero attached hydrogens (tertiary/aromatic N) is 1. The molecule has 1 amide bonds. The lowest BCUT2D eigenvalue weighted by molar-refractivity contribution is -0.116. The maximum atomic E-state index is 11.9. The molecule has 5 nitrogen and oxygen atoms in total. The van der Waals surface area contributed by atoms with Gasteiger partial charge < -0.3 is 21.1 Å². The quantitative estimate of drug-likeness (QED) is 0.697. The first-order valence-electron chi connectivity index (χ1n) is 7.60. The Kier molecular flexibility index (Phi) is 5.59. The van der Waals surface area contributed by atoms with E-state index in [1.54, 1.807) is 12.1 Å². The average Bonchev–Trinajstić information content (AvgIpc) is 2.87. The summed E-state index contributed by atoms with van der Waals surface area (Å²) in [4.78, 5) is 14.2. The van der Waals surface area contributed by atoms with Gasteiger partial charge in [-0.1, -0.05) is 6.07 Å². The number of carbonyl (C=O) groups is 1. The summed E-state index contributed by atoms with van der Waals surface area (Å²) in [6.07, 6.45) is 2.15. The van der Waals surface area contributed by atoms with Crippen LogP contribution in [0.15, 0.2) is 24.3 Å². The Morgan fingerprint density at radius 1 is 1.57 bits per heavy atom. The standard InChI is InChI=1S/C16H25N3O2/c1-12(20)13-7-9-19(11-13)8-3-6-16(21)18-15-5-2-4-14(17)10-15/h2,4-5,10,12-13,20H,3,6-9,11,17H2,1H3,(H,18,21). The predicted octanol–water partition coefficient (Wildman–Crippen LogP) is 1.69. The van der Waals surface area contributed by atoms with E-state index in [1.165, 1.54) is 0 Å². The zero-order chi connectivity index (χ0) is 15.2. The Morgan fingerprint density at radius 2 is 2.38 bits per heavy atom. The minimum atomic E-state index is -0.234. The van der Waals surface area contributed by atoms with Gasteiger partial charge in [-0.05, 0) is 57.0 Å². The van der Waals surface area contributed by atoms with E-state index in [-0.39, 0.29) is 12.0 Å². The number of benzene rings is 1. The fraction of sp³-hybridized carbons (Fsp3) is 0.562. The summed E-state index contributed by atoms with van der Waals surface area (Å²) in [7, 11) is 0. The molecule has 1 heterocycles. The first-order valence-corrected chi connectivity index (χ1v) is 7.60. The summed E-state index contributed by atoms with van der Waals surface area (Å²) in [6.45, 7) is 4.72.